The molecule has 5 nitrogen and oxygen atoms in total. The highest BCUT2D eigenvalue weighted by atomic mass is 16.5. The average molecular weight is 354 g/mol. The Hall–Kier alpha value is -2.69. The minimum absolute atomic E-state index is 0.266. The molecular formula is C21H26N2O3. The Morgan fingerprint density at radius 3 is 2.65 bits per heavy atom. The zero-order valence-corrected chi connectivity index (χ0v) is 15.2. The normalized spacial score (nSPS) is 23.3. The third kappa shape index (κ3) is 5.69. The number of rotatable bonds is 2. The molecule has 0 aromatic heterocycles. The third-order valence-corrected chi connectivity index (χ3v) is 4.24. The van der Waals surface area contributed by atoms with Crippen LogP contribution in [-0.2, 0) is 9.53 Å². The maximum Gasteiger partial charge on any atom is 0.252 e. The van der Waals surface area contributed by atoms with Gasteiger partial charge in [0.05, 0.1) is 12.6 Å². The number of nitrogens with one attached hydrogen (secondary N) is 1. The van der Waals surface area contributed by atoms with E-state index in [1.54, 1.807) is 24.3 Å². The summed E-state index contributed by atoms with van der Waals surface area (Å²) in [6.07, 6.45) is 8.60. The summed E-state index contributed by atoms with van der Waals surface area (Å²) in [4.78, 5) is 28.5. The van der Waals surface area contributed by atoms with Crippen molar-refractivity contribution in [2.24, 2.45) is 4.99 Å². The van der Waals surface area contributed by atoms with E-state index in [1.807, 2.05) is 19.1 Å². The highest BCUT2D eigenvalue weighted by Crippen LogP contribution is 2.15. The lowest BCUT2D eigenvalue weighted by Gasteiger charge is -2.14. The van der Waals surface area contributed by atoms with Crippen LogP contribution in [-0.4, -0.2) is 30.6 Å². The van der Waals surface area contributed by atoms with Crippen LogP contribution in [0.15, 0.2) is 53.9 Å². The molecule has 138 valence electrons. The molecule has 1 aromatic rings. The number of fused-ring (bicyclic) bond motifs is 1. The second-order valence-electron chi connectivity index (χ2n) is 6.25. The van der Waals surface area contributed by atoms with Gasteiger partial charge in [-0.2, -0.15) is 0 Å². The first-order chi connectivity index (χ1) is 12.7. The highest BCUT2D eigenvalue weighted by molar-refractivity contribution is 6.10. The summed E-state index contributed by atoms with van der Waals surface area (Å²) >= 11 is 0. The second-order valence-corrected chi connectivity index (χ2v) is 6.25. The van der Waals surface area contributed by atoms with E-state index in [-0.39, 0.29) is 5.91 Å². The van der Waals surface area contributed by atoms with Crippen molar-refractivity contribution in [3.63, 3.8) is 0 Å². The summed E-state index contributed by atoms with van der Waals surface area (Å²) in [6, 6.07) is 6.76. The van der Waals surface area contributed by atoms with E-state index in [4.69, 9.17) is 4.74 Å². The first-order valence-corrected chi connectivity index (χ1v) is 9.02. The van der Waals surface area contributed by atoms with Gasteiger partial charge in [0, 0.05) is 16.8 Å². The number of nitrogens with zero attached hydrogens (tertiary/aromatic N) is 1. The van der Waals surface area contributed by atoms with E-state index in [0.717, 1.165) is 32.0 Å². The number of aldehydes is 1. The summed E-state index contributed by atoms with van der Waals surface area (Å²) in [5.41, 5.74) is 1.87. The monoisotopic (exact) mass is 354 g/mol. The van der Waals surface area contributed by atoms with Gasteiger partial charge in [0.1, 0.15) is 6.29 Å². The fourth-order valence-corrected chi connectivity index (χ4v) is 2.86. The number of carbonyl (C=O) groups excluding carboxylic acids is 2. The average Bonchev–Trinajstić information content (AvgIpc) is 2.65. The molecule has 1 amide bonds. The first-order valence-electron chi connectivity index (χ1n) is 9.02. The summed E-state index contributed by atoms with van der Waals surface area (Å²) in [5.74, 6) is 0.214. The van der Waals surface area contributed by atoms with Crippen molar-refractivity contribution in [3.05, 3.63) is 60.0 Å². The van der Waals surface area contributed by atoms with Gasteiger partial charge in [-0.15, -0.1) is 0 Å². The number of amides is 1. The number of hydrogen-bond donors (Lipinski definition) is 1. The smallest absolute Gasteiger partial charge is 0.252 e. The van der Waals surface area contributed by atoms with Gasteiger partial charge in [0.25, 0.3) is 5.91 Å². The van der Waals surface area contributed by atoms with Gasteiger partial charge in [0.2, 0.25) is 5.88 Å². The first kappa shape index (κ1) is 19.6. The predicted octanol–water partition coefficient (Wildman–Crippen LogP) is 3.80. The highest BCUT2D eigenvalue weighted by Gasteiger charge is 2.17. The van der Waals surface area contributed by atoms with Gasteiger partial charge in [0.15, 0.2) is 0 Å². The van der Waals surface area contributed by atoms with Crippen LogP contribution in [0.1, 0.15) is 54.9 Å². The van der Waals surface area contributed by atoms with Crippen LogP contribution in [0.25, 0.3) is 0 Å². The van der Waals surface area contributed by atoms with Crippen molar-refractivity contribution < 1.29 is 14.3 Å². The predicted molar refractivity (Wildman–Crippen MR) is 103 cm³/mol. The van der Waals surface area contributed by atoms with Crippen LogP contribution in [0.4, 0.5) is 0 Å². The summed E-state index contributed by atoms with van der Waals surface area (Å²) in [6.45, 7) is 6.11. The summed E-state index contributed by atoms with van der Waals surface area (Å²) in [7, 11) is 0. The number of allylic oxidation sites excluding steroid dienone is 2. The molecule has 1 aliphatic rings. The van der Waals surface area contributed by atoms with E-state index >= 15 is 0 Å². The van der Waals surface area contributed by atoms with E-state index in [0.29, 0.717) is 35.7 Å². The van der Waals surface area contributed by atoms with E-state index < -0.39 is 6.04 Å². The van der Waals surface area contributed by atoms with E-state index in [2.05, 4.69) is 16.9 Å². The lowest BCUT2D eigenvalue weighted by molar-refractivity contribution is -0.109. The minimum atomic E-state index is -0.467. The number of benzene rings is 1. The molecule has 0 bridgehead atoms. The molecule has 5 heteroatoms. The van der Waals surface area contributed by atoms with Crippen LogP contribution in [0.5, 0.6) is 0 Å². The molecule has 1 heterocycles. The van der Waals surface area contributed by atoms with Crippen LogP contribution >= 0.6 is 0 Å². The largest absolute Gasteiger partial charge is 0.478 e. The molecule has 1 aromatic carbocycles. The molecule has 1 atom stereocenters. The summed E-state index contributed by atoms with van der Waals surface area (Å²) in [5, 5.41) is 2.83. The molecule has 2 rings (SSSR count). The topological polar surface area (TPSA) is 67.8 Å². The molecule has 1 unspecified atom stereocenters. The fourth-order valence-electron chi connectivity index (χ4n) is 2.86. The Bertz CT molecular complexity index is 707. The van der Waals surface area contributed by atoms with Crippen LogP contribution in [0.2, 0.25) is 0 Å². The maximum absolute atomic E-state index is 12.7. The third-order valence-electron chi connectivity index (χ3n) is 4.24. The van der Waals surface area contributed by atoms with E-state index in [1.165, 1.54) is 0 Å². The second kappa shape index (κ2) is 10.3. The quantitative estimate of drug-likeness (QED) is 0.822. The van der Waals surface area contributed by atoms with Gasteiger partial charge in [-0.1, -0.05) is 50.1 Å². The maximum atomic E-state index is 12.7. The minimum Gasteiger partial charge on any atom is -0.478 e. The Labute approximate surface area is 154 Å². The standard InChI is InChI=1S/C21H26N2O3/c1-3-10-20-22-16(2)18-12-7-8-13-19(18)21(25)23-17(15-24)11-6-4-5-9-14-26-20/h3,7-8,10,12-13,15,17H,1,4-6,9,11,14H2,2H3,(H,23,25)/b20-10+,22-16+. The Morgan fingerprint density at radius 2 is 1.92 bits per heavy atom. The molecular weight excluding hydrogens is 328 g/mol. The van der Waals surface area contributed by atoms with Crippen molar-refractivity contribution in [1.29, 1.82) is 0 Å². The van der Waals surface area contributed by atoms with Gasteiger partial charge < -0.3 is 14.8 Å². The number of hydrogen-bond acceptors (Lipinski definition) is 4. The molecule has 0 saturated carbocycles. The number of ether oxygens (including phenoxy) is 1. The van der Waals surface area contributed by atoms with Crippen molar-refractivity contribution >= 4 is 17.9 Å². The van der Waals surface area contributed by atoms with Gasteiger partial charge in [-0.05, 0) is 31.9 Å². The lowest BCUT2D eigenvalue weighted by atomic mass is 10.0. The Balaban J connectivity index is 2.38. The van der Waals surface area contributed by atoms with Crippen molar-refractivity contribution in [3.8, 4) is 0 Å². The molecule has 1 N–H and O–H groups in total. The Morgan fingerprint density at radius 1 is 1.19 bits per heavy atom. The number of aliphatic imine (C=N–C) groups is 1. The van der Waals surface area contributed by atoms with E-state index in [9.17, 15) is 9.59 Å². The lowest BCUT2D eigenvalue weighted by Crippen LogP contribution is -2.36. The van der Waals surface area contributed by atoms with Crippen LogP contribution in [0.3, 0.4) is 0 Å². The van der Waals surface area contributed by atoms with Crippen LogP contribution in [0, 0.1) is 0 Å². The molecule has 0 aliphatic carbocycles. The number of carbonyl (C=O) groups is 2. The zero-order chi connectivity index (χ0) is 18.8. The Kier molecular flexibility index (Phi) is 7.80. The molecule has 0 spiro atoms. The van der Waals surface area contributed by atoms with Crippen molar-refractivity contribution in [2.45, 2.75) is 45.1 Å². The molecule has 0 fully saturated rings. The molecule has 26 heavy (non-hydrogen) atoms. The van der Waals surface area contributed by atoms with Gasteiger partial charge in [-0.3, -0.25) is 4.79 Å². The zero-order valence-electron chi connectivity index (χ0n) is 15.2. The van der Waals surface area contributed by atoms with Gasteiger partial charge in [-0.25, -0.2) is 4.99 Å². The summed E-state index contributed by atoms with van der Waals surface area (Å²) < 4.78 is 5.76. The van der Waals surface area contributed by atoms with Crippen molar-refractivity contribution in [1.82, 2.24) is 5.32 Å². The SMILES string of the molecule is C=C/C=C1\N=C(/C)c2ccccc2C(=O)NC(C=O)CCCCCCO1. The molecule has 0 radical (unpaired) electrons. The van der Waals surface area contributed by atoms with Crippen LogP contribution < -0.4 is 5.32 Å². The fraction of sp³-hybridized carbons (Fsp3) is 0.381. The molecule has 1 aliphatic heterocycles. The molecule has 0 saturated heterocycles. The van der Waals surface area contributed by atoms with Crippen molar-refractivity contribution in [2.75, 3.05) is 6.61 Å². The van der Waals surface area contributed by atoms with Gasteiger partial charge >= 0.3 is 0 Å².